The minimum atomic E-state index is -0.559. The van der Waals surface area contributed by atoms with Crippen LogP contribution in [0.2, 0.25) is 0 Å². The molecule has 116 valence electrons. The third kappa shape index (κ3) is 5.00. The maximum atomic E-state index is 11.7. The molecular weight excluding hydrogens is 408 g/mol. The van der Waals surface area contributed by atoms with Crippen LogP contribution in [0.25, 0.3) is 0 Å². The van der Waals surface area contributed by atoms with Crippen LogP contribution in [0.3, 0.4) is 0 Å². The first-order valence-corrected chi connectivity index (χ1v) is 8.05. The third-order valence-electron chi connectivity index (χ3n) is 2.53. The molecule has 0 fully saturated rings. The molecule has 2 unspecified atom stereocenters. The largest absolute Gasteiger partial charge is 0.493 e. The molecule has 0 amide bonds. The average molecular weight is 424 g/mol. The molecule has 21 heavy (non-hydrogen) atoms. The van der Waals surface area contributed by atoms with E-state index >= 15 is 0 Å². The second-order valence-corrected chi connectivity index (χ2v) is 6.03. The van der Waals surface area contributed by atoms with Crippen LogP contribution >= 0.6 is 31.9 Å². The van der Waals surface area contributed by atoms with Crippen molar-refractivity contribution in [1.29, 1.82) is 0 Å². The molecule has 0 aliphatic heterocycles. The first kappa shape index (κ1) is 18.0. The lowest BCUT2D eigenvalue weighted by atomic mass is 10.1. The minimum Gasteiger partial charge on any atom is -0.493 e. The predicted molar refractivity (Wildman–Crippen MR) is 85.3 cm³/mol. The summed E-state index contributed by atoms with van der Waals surface area (Å²) in [6.45, 7) is 3.36. The van der Waals surface area contributed by atoms with Gasteiger partial charge in [0, 0.05) is 6.92 Å². The Balaban J connectivity index is 3.01. The van der Waals surface area contributed by atoms with Crippen LogP contribution in [0.5, 0.6) is 11.5 Å². The Bertz CT molecular complexity index is 518. The summed E-state index contributed by atoms with van der Waals surface area (Å²) in [5.41, 5.74) is 0.752. The van der Waals surface area contributed by atoms with Crippen LogP contribution < -0.4 is 9.47 Å². The van der Waals surface area contributed by atoms with Crippen molar-refractivity contribution in [3.8, 4) is 11.5 Å². The quantitative estimate of drug-likeness (QED) is 0.398. The molecule has 0 aliphatic rings. The van der Waals surface area contributed by atoms with Crippen molar-refractivity contribution in [3.05, 3.63) is 23.8 Å². The summed E-state index contributed by atoms with van der Waals surface area (Å²) in [6, 6.07) is 5.10. The van der Waals surface area contributed by atoms with E-state index in [1.165, 1.54) is 14.0 Å². The molecule has 1 aromatic rings. The van der Waals surface area contributed by atoms with Crippen molar-refractivity contribution < 1.29 is 23.8 Å². The number of halogens is 2. The molecule has 1 rings (SSSR count). The summed E-state index contributed by atoms with van der Waals surface area (Å²) < 4.78 is 15.2. The van der Waals surface area contributed by atoms with Crippen LogP contribution in [0.4, 0.5) is 0 Å². The first-order chi connectivity index (χ1) is 9.90. The van der Waals surface area contributed by atoms with Crippen molar-refractivity contribution in [2.45, 2.75) is 23.5 Å². The van der Waals surface area contributed by atoms with Gasteiger partial charge in [0.2, 0.25) is 0 Å². The molecule has 5 nitrogen and oxygen atoms in total. The van der Waals surface area contributed by atoms with Gasteiger partial charge in [-0.1, -0.05) is 37.9 Å². The standard InChI is InChI=1S/C14H16Br2O5/c1-4-20-14(18)13(16)12(15)9-5-6-10(19-3)11(7-9)21-8(2)17/h5-7,12-13H,4H2,1-3H3. The number of carbonyl (C=O) groups excluding carboxylic acids is 2. The highest BCUT2D eigenvalue weighted by atomic mass is 79.9. The summed E-state index contributed by atoms with van der Waals surface area (Å²) in [6.07, 6.45) is 0. The Hall–Kier alpha value is -1.08. The number of benzene rings is 1. The van der Waals surface area contributed by atoms with E-state index in [4.69, 9.17) is 14.2 Å². The molecule has 0 heterocycles. The average Bonchev–Trinajstić information content (AvgIpc) is 2.45. The van der Waals surface area contributed by atoms with Gasteiger partial charge in [-0.3, -0.25) is 9.59 Å². The third-order valence-corrected chi connectivity index (χ3v) is 5.20. The predicted octanol–water partition coefficient (Wildman–Crippen LogP) is 3.38. The molecule has 0 spiro atoms. The van der Waals surface area contributed by atoms with Crippen molar-refractivity contribution in [2.24, 2.45) is 0 Å². The van der Waals surface area contributed by atoms with Crippen molar-refractivity contribution in [2.75, 3.05) is 13.7 Å². The zero-order valence-electron chi connectivity index (χ0n) is 11.9. The van der Waals surface area contributed by atoms with E-state index in [1.807, 2.05) is 0 Å². The van der Waals surface area contributed by atoms with Gasteiger partial charge in [-0.25, -0.2) is 0 Å². The molecule has 0 saturated carbocycles. The summed E-state index contributed by atoms with van der Waals surface area (Å²) in [4.78, 5) is 22.0. The molecule has 0 aliphatic carbocycles. The van der Waals surface area contributed by atoms with E-state index < -0.39 is 10.8 Å². The second-order valence-electron chi connectivity index (χ2n) is 4.06. The molecule has 0 N–H and O–H groups in total. The highest BCUT2D eigenvalue weighted by molar-refractivity contribution is 9.12. The number of methoxy groups -OCH3 is 1. The topological polar surface area (TPSA) is 61.8 Å². The first-order valence-electron chi connectivity index (χ1n) is 6.21. The van der Waals surface area contributed by atoms with E-state index in [0.29, 0.717) is 18.1 Å². The minimum absolute atomic E-state index is 0.301. The number of alkyl halides is 2. The zero-order chi connectivity index (χ0) is 16.0. The summed E-state index contributed by atoms with van der Waals surface area (Å²) in [5, 5.41) is 0. The maximum Gasteiger partial charge on any atom is 0.321 e. The number of esters is 2. The van der Waals surface area contributed by atoms with E-state index in [2.05, 4.69) is 31.9 Å². The Morgan fingerprint density at radius 2 is 1.90 bits per heavy atom. The Morgan fingerprint density at radius 1 is 1.24 bits per heavy atom. The van der Waals surface area contributed by atoms with Crippen LogP contribution in [-0.2, 0) is 14.3 Å². The van der Waals surface area contributed by atoms with E-state index in [1.54, 1.807) is 25.1 Å². The second kappa shape index (κ2) is 8.38. The Kier molecular flexibility index (Phi) is 7.17. The van der Waals surface area contributed by atoms with Gasteiger partial charge in [0.15, 0.2) is 11.5 Å². The van der Waals surface area contributed by atoms with Crippen LogP contribution in [0.15, 0.2) is 18.2 Å². The molecular formula is C14H16Br2O5. The number of ether oxygens (including phenoxy) is 3. The number of hydrogen-bond donors (Lipinski definition) is 0. The Labute approximate surface area is 140 Å². The fourth-order valence-electron chi connectivity index (χ4n) is 1.61. The highest BCUT2D eigenvalue weighted by Crippen LogP contribution is 2.37. The zero-order valence-corrected chi connectivity index (χ0v) is 15.1. The van der Waals surface area contributed by atoms with Crippen LogP contribution in [-0.4, -0.2) is 30.5 Å². The summed E-state index contributed by atoms with van der Waals surface area (Å²) in [7, 11) is 1.49. The smallest absolute Gasteiger partial charge is 0.321 e. The lowest BCUT2D eigenvalue weighted by Crippen LogP contribution is -2.21. The monoisotopic (exact) mass is 422 g/mol. The van der Waals surface area contributed by atoms with Gasteiger partial charge in [-0.15, -0.1) is 0 Å². The SMILES string of the molecule is CCOC(=O)C(Br)C(Br)c1ccc(OC)c(OC(C)=O)c1. The fourth-order valence-corrected chi connectivity index (χ4v) is 2.55. The van der Waals surface area contributed by atoms with Crippen molar-refractivity contribution >= 4 is 43.8 Å². The number of carbonyl (C=O) groups is 2. The molecule has 0 radical (unpaired) electrons. The molecule has 7 heteroatoms. The van der Waals surface area contributed by atoms with E-state index in [0.717, 1.165) is 5.56 Å². The highest BCUT2D eigenvalue weighted by Gasteiger charge is 2.27. The van der Waals surface area contributed by atoms with Crippen molar-refractivity contribution in [1.82, 2.24) is 0 Å². The fraction of sp³-hybridized carbons (Fsp3) is 0.429. The van der Waals surface area contributed by atoms with Gasteiger partial charge in [0.25, 0.3) is 0 Å². The van der Waals surface area contributed by atoms with Gasteiger partial charge in [-0.05, 0) is 24.6 Å². The van der Waals surface area contributed by atoms with Gasteiger partial charge in [0.05, 0.1) is 18.5 Å². The van der Waals surface area contributed by atoms with E-state index in [9.17, 15) is 9.59 Å². The van der Waals surface area contributed by atoms with Gasteiger partial charge >= 0.3 is 11.9 Å². The summed E-state index contributed by atoms with van der Waals surface area (Å²) >= 11 is 6.74. The molecule has 0 bridgehead atoms. The Morgan fingerprint density at radius 3 is 2.43 bits per heavy atom. The molecule has 1 aromatic carbocycles. The van der Waals surface area contributed by atoms with Crippen LogP contribution in [0, 0.1) is 0 Å². The van der Waals surface area contributed by atoms with Gasteiger partial charge < -0.3 is 14.2 Å². The van der Waals surface area contributed by atoms with E-state index in [-0.39, 0.29) is 10.8 Å². The van der Waals surface area contributed by atoms with Crippen LogP contribution in [0.1, 0.15) is 24.2 Å². The molecule has 0 aromatic heterocycles. The lowest BCUT2D eigenvalue weighted by Gasteiger charge is -2.17. The summed E-state index contributed by atoms with van der Waals surface area (Å²) in [5.74, 6) is -0.0759. The normalized spacial score (nSPS) is 13.2. The van der Waals surface area contributed by atoms with Gasteiger partial charge in [0.1, 0.15) is 4.83 Å². The molecule has 2 atom stereocenters. The molecule has 0 saturated heterocycles. The van der Waals surface area contributed by atoms with Crippen molar-refractivity contribution in [3.63, 3.8) is 0 Å². The number of hydrogen-bond acceptors (Lipinski definition) is 5. The number of rotatable bonds is 6. The maximum absolute atomic E-state index is 11.7. The van der Waals surface area contributed by atoms with Gasteiger partial charge in [-0.2, -0.15) is 0 Å². The lowest BCUT2D eigenvalue weighted by molar-refractivity contribution is -0.142.